The molecule has 0 aromatic carbocycles. The van der Waals surface area contributed by atoms with Crippen molar-refractivity contribution in [3.8, 4) is 0 Å². The number of imidazole rings is 1. The van der Waals surface area contributed by atoms with E-state index in [1.54, 1.807) is 18.2 Å². The molecule has 0 aliphatic rings. The van der Waals surface area contributed by atoms with Crippen LogP contribution < -0.4 is 16.4 Å². The van der Waals surface area contributed by atoms with Gasteiger partial charge in [0.1, 0.15) is 5.15 Å². The molecule has 0 unspecified atom stereocenters. The van der Waals surface area contributed by atoms with Gasteiger partial charge >= 0.3 is 6.03 Å². The summed E-state index contributed by atoms with van der Waals surface area (Å²) in [5.41, 5.74) is 7.48. The maximum atomic E-state index is 12.4. The fraction of sp³-hybridized carbons (Fsp3) is 0.278. The number of anilines is 1. The second-order valence-corrected chi connectivity index (χ2v) is 7.16. The number of allylic oxidation sites excluding steroid dienone is 4. The maximum Gasteiger partial charge on any atom is 0.321 e. The second kappa shape index (κ2) is 10.7. The van der Waals surface area contributed by atoms with E-state index in [9.17, 15) is 13.6 Å². The lowest BCUT2D eigenvalue weighted by Gasteiger charge is -2.05. The van der Waals surface area contributed by atoms with Crippen LogP contribution in [-0.2, 0) is 13.0 Å². The Morgan fingerprint density at radius 3 is 2.93 bits per heavy atom. The highest BCUT2D eigenvalue weighted by atomic mass is 35.5. The normalized spacial score (nSPS) is 12.0. The van der Waals surface area contributed by atoms with Crippen LogP contribution in [0.2, 0.25) is 5.15 Å². The SMILES string of the molecule is C=C/C=C(\C=C/N)c1sc(NC(=O)NCCc2ncn(CC(F)F)c2Cl)nc1C. The van der Waals surface area contributed by atoms with Gasteiger partial charge in [0.15, 0.2) is 5.13 Å². The number of aromatic nitrogens is 3. The summed E-state index contributed by atoms with van der Waals surface area (Å²) in [4.78, 5) is 21.3. The minimum atomic E-state index is -2.52. The molecule has 0 radical (unpaired) electrons. The van der Waals surface area contributed by atoms with Gasteiger partial charge < -0.3 is 15.6 Å². The van der Waals surface area contributed by atoms with E-state index >= 15 is 0 Å². The minimum Gasteiger partial charge on any atom is -0.405 e. The largest absolute Gasteiger partial charge is 0.405 e. The number of urea groups is 1. The molecule has 29 heavy (non-hydrogen) atoms. The summed E-state index contributed by atoms with van der Waals surface area (Å²) in [6, 6.07) is -0.447. The highest BCUT2D eigenvalue weighted by Gasteiger charge is 2.14. The van der Waals surface area contributed by atoms with E-state index < -0.39 is 19.0 Å². The molecular formula is C18H21ClF2N6OS. The van der Waals surface area contributed by atoms with E-state index in [0.29, 0.717) is 17.2 Å². The van der Waals surface area contributed by atoms with Crippen LogP contribution in [0.3, 0.4) is 0 Å². The Bertz CT molecular complexity index is 922. The number of carbonyl (C=O) groups excluding carboxylic acids is 1. The van der Waals surface area contributed by atoms with Crippen molar-refractivity contribution in [2.75, 3.05) is 11.9 Å². The highest BCUT2D eigenvalue weighted by molar-refractivity contribution is 7.17. The first-order valence-corrected chi connectivity index (χ1v) is 9.76. The van der Waals surface area contributed by atoms with Gasteiger partial charge in [-0.1, -0.05) is 41.7 Å². The quantitative estimate of drug-likeness (QED) is 0.512. The second-order valence-electron chi connectivity index (χ2n) is 5.81. The molecule has 0 fully saturated rings. The first kappa shape index (κ1) is 22.6. The smallest absolute Gasteiger partial charge is 0.321 e. The van der Waals surface area contributed by atoms with Gasteiger partial charge in [-0.3, -0.25) is 5.32 Å². The fourth-order valence-corrected chi connectivity index (χ4v) is 3.67. The Labute approximate surface area is 176 Å². The zero-order valence-corrected chi connectivity index (χ0v) is 17.2. The van der Waals surface area contributed by atoms with Gasteiger partial charge in [0.05, 0.1) is 29.1 Å². The van der Waals surface area contributed by atoms with Gasteiger partial charge in [-0.05, 0) is 24.8 Å². The molecule has 0 bridgehead atoms. The predicted octanol–water partition coefficient (Wildman–Crippen LogP) is 3.97. The Kier molecular flexibility index (Phi) is 8.34. The van der Waals surface area contributed by atoms with Crippen molar-refractivity contribution in [1.82, 2.24) is 19.9 Å². The molecule has 2 aromatic heterocycles. The van der Waals surface area contributed by atoms with E-state index in [1.807, 2.05) is 6.92 Å². The number of nitrogens with zero attached hydrogens (tertiary/aromatic N) is 3. The molecule has 11 heteroatoms. The number of hydrogen-bond donors (Lipinski definition) is 3. The topological polar surface area (TPSA) is 97.9 Å². The number of rotatable bonds is 9. The van der Waals surface area contributed by atoms with Crippen LogP contribution in [0, 0.1) is 6.92 Å². The predicted molar refractivity (Wildman–Crippen MR) is 112 cm³/mol. The third-order valence-corrected chi connectivity index (χ3v) is 5.23. The monoisotopic (exact) mass is 442 g/mol. The van der Waals surface area contributed by atoms with Crippen molar-refractivity contribution >= 4 is 39.7 Å². The van der Waals surface area contributed by atoms with E-state index in [0.717, 1.165) is 16.1 Å². The summed E-state index contributed by atoms with van der Waals surface area (Å²) in [5.74, 6) is 0. The highest BCUT2D eigenvalue weighted by Crippen LogP contribution is 2.30. The molecule has 2 aromatic rings. The van der Waals surface area contributed by atoms with Crippen LogP contribution >= 0.6 is 22.9 Å². The number of aryl methyl sites for hydroxylation is 1. The molecule has 4 N–H and O–H groups in total. The van der Waals surface area contributed by atoms with Gasteiger partial charge in [0, 0.05) is 13.0 Å². The molecule has 0 saturated heterocycles. The zero-order chi connectivity index (χ0) is 21.4. The van der Waals surface area contributed by atoms with Gasteiger partial charge in [-0.15, -0.1) is 0 Å². The van der Waals surface area contributed by atoms with Crippen molar-refractivity contribution in [2.45, 2.75) is 26.3 Å². The lowest BCUT2D eigenvalue weighted by molar-refractivity contribution is 0.126. The first-order chi connectivity index (χ1) is 13.8. The maximum absolute atomic E-state index is 12.4. The summed E-state index contributed by atoms with van der Waals surface area (Å²) in [5, 5.41) is 5.89. The Balaban J connectivity index is 1.92. The molecule has 7 nitrogen and oxygen atoms in total. The number of thiazole rings is 1. The summed E-state index contributed by atoms with van der Waals surface area (Å²) in [7, 11) is 0. The zero-order valence-electron chi connectivity index (χ0n) is 15.7. The summed E-state index contributed by atoms with van der Waals surface area (Å²) >= 11 is 7.32. The van der Waals surface area contributed by atoms with Crippen LogP contribution in [-0.4, -0.2) is 33.5 Å². The third-order valence-electron chi connectivity index (χ3n) is 3.68. The Morgan fingerprint density at radius 2 is 2.28 bits per heavy atom. The number of alkyl halides is 2. The minimum absolute atomic E-state index is 0.141. The van der Waals surface area contributed by atoms with Gasteiger partial charge in [-0.25, -0.2) is 23.5 Å². The van der Waals surface area contributed by atoms with Crippen LogP contribution in [0.5, 0.6) is 0 Å². The third kappa shape index (κ3) is 6.40. The molecule has 0 saturated carbocycles. The van der Waals surface area contributed by atoms with Gasteiger partial charge in [-0.2, -0.15) is 0 Å². The van der Waals surface area contributed by atoms with E-state index in [2.05, 4.69) is 27.2 Å². The van der Waals surface area contributed by atoms with Crippen molar-refractivity contribution in [2.24, 2.45) is 5.73 Å². The van der Waals surface area contributed by atoms with Crippen molar-refractivity contribution in [1.29, 1.82) is 0 Å². The molecule has 156 valence electrons. The van der Waals surface area contributed by atoms with Crippen LogP contribution in [0.15, 0.2) is 37.3 Å². The van der Waals surface area contributed by atoms with Crippen LogP contribution in [0.25, 0.3) is 5.57 Å². The molecule has 0 aliphatic carbocycles. The van der Waals surface area contributed by atoms with Gasteiger partial charge in [0.2, 0.25) is 0 Å². The summed E-state index contributed by atoms with van der Waals surface area (Å²) in [6.45, 7) is 5.21. The lowest BCUT2D eigenvalue weighted by atomic mass is 10.2. The summed E-state index contributed by atoms with van der Waals surface area (Å²) < 4.78 is 26.1. The Morgan fingerprint density at radius 1 is 1.52 bits per heavy atom. The molecule has 0 spiro atoms. The van der Waals surface area contributed by atoms with E-state index in [-0.39, 0.29) is 11.7 Å². The number of halogens is 3. The Hall–Kier alpha value is -2.72. The number of hydrogen-bond acceptors (Lipinski definition) is 5. The number of nitrogens with one attached hydrogen (secondary N) is 2. The molecule has 0 aliphatic heterocycles. The van der Waals surface area contributed by atoms with E-state index in [1.165, 1.54) is 28.4 Å². The average molecular weight is 443 g/mol. The summed E-state index contributed by atoms with van der Waals surface area (Å²) in [6.07, 6.45) is 5.62. The van der Waals surface area contributed by atoms with Crippen molar-refractivity contribution < 1.29 is 13.6 Å². The first-order valence-electron chi connectivity index (χ1n) is 8.57. The molecular weight excluding hydrogens is 422 g/mol. The fourth-order valence-electron chi connectivity index (χ4n) is 2.44. The molecule has 0 atom stereocenters. The number of amides is 2. The van der Waals surface area contributed by atoms with Crippen molar-refractivity contribution in [3.63, 3.8) is 0 Å². The van der Waals surface area contributed by atoms with Crippen LogP contribution in [0.1, 0.15) is 16.3 Å². The molecule has 2 amide bonds. The number of carbonyl (C=O) groups is 1. The lowest BCUT2D eigenvalue weighted by Crippen LogP contribution is -2.30. The van der Waals surface area contributed by atoms with E-state index in [4.69, 9.17) is 17.3 Å². The van der Waals surface area contributed by atoms with Crippen molar-refractivity contribution in [3.05, 3.63) is 58.8 Å². The standard InChI is InChI=1S/C18H21ClF2N6OS/c1-3-4-12(5-7-22)15-11(2)25-18(29-15)26-17(28)23-8-6-13-16(19)27(10-24-13)9-14(20)21/h3-5,7,10,14H,1,6,8-9,22H2,2H3,(H2,23,25,26,28)/b7-5-,12-4+. The van der Waals surface area contributed by atoms with Crippen LogP contribution in [0.4, 0.5) is 18.7 Å². The number of nitrogens with two attached hydrogens (primary N) is 1. The van der Waals surface area contributed by atoms with Gasteiger partial charge in [0.25, 0.3) is 6.43 Å². The average Bonchev–Trinajstić information content (AvgIpc) is 3.18. The molecule has 2 heterocycles. The molecule has 2 rings (SSSR count).